The van der Waals surface area contributed by atoms with Crippen LogP contribution in [0.1, 0.15) is 50.9 Å². The third kappa shape index (κ3) is 4.69. The fraction of sp³-hybridized carbons (Fsp3) is 0.692. The fourth-order valence-corrected chi connectivity index (χ4v) is 1.66. The highest BCUT2D eigenvalue weighted by molar-refractivity contribution is 5.29. The molecule has 3 N–H and O–H groups in total. The molecule has 0 aliphatic heterocycles. The average molecular weight is 236 g/mol. The lowest BCUT2D eigenvalue weighted by molar-refractivity contribution is 0.624. The first-order chi connectivity index (χ1) is 8.02. The Labute approximate surface area is 104 Å². The van der Waals surface area contributed by atoms with Gasteiger partial charge < -0.3 is 11.1 Å². The fourth-order valence-electron chi connectivity index (χ4n) is 1.66. The van der Waals surface area contributed by atoms with Crippen LogP contribution < -0.4 is 11.1 Å². The van der Waals surface area contributed by atoms with Gasteiger partial charge in [0.05, 0.1) is 0 Å². The van der Waals surface area contributed by atoms with Crippen LogP contribution in [0, 0.1) is 6.92 Å². The van der Waals surface area contributed by atoms with Crippen molar-refractivity contribution in [1.82, 2.24) is 9.97 Å². The maximum absolute atomic E-state index is 5.95. The predicted molar refractivity (Wildman–Crippen MR) is 72.2 cm³/mol. The summed E-state index contributed by atoms with van der Waals surface area (Å²) in [6, 6.07) is 2.20. The second kappa shape index (κ2) is 6.55. The SMILES string of the molecule is CCCC(N)CNc1nc(C)cc(C(C)C)n1. The van der Waals surface area contributed by atoms with Crippen molar-refractivity contribution in [3.05, 3.63) is 17.5 Å². The molecule has 4 nitrogen and oxygen atoms in total. The summed E-state index contributed by atoms with van der Waals surface area (Å²) in [4.78, 5) is 8.86. The number of hydrogen-bond donors (Lipinski definition) is 2. The highest BCUT2D eigenvalue weighted by atomic mass is 15.1. The van der Waals surface area contributed by atoms with Gasteiger partial charge in [0, 0.05) is 24.0 Å². The van der Waals surface area contributed by atoms with Crippen molar-refractivity contribution in [3.8, 4) is 0 Å². The molecular formula is C13H24N4. The van der Waals surface area contributed by atoms with Crippen molar-refractivity contribution in [1.29, 1.82) is 0 Å². The van der Waals surface area contributed by atoms with Crippen LogP contribution in [-0.4, -0.2) is 22.6 Å². The van der Waals surface area contributed by atoms with Crippen LogP contribution in [0.25, 0.3) is 0 Å². The minimum atomic E-state index is 0.173. The van der Waals surface area contributed by atoms with E-state index >= 15 is 0 Å². The van der Waals surface area contributed by atoms with E-state index in [4.69, 9.17) is 5.73 Å². The molecule has 96 valence electrons. The van der Waals surface area contributed by atoms with E-state index in [0.29, 0.717) is 11.9 Å². The zero-order valence-electron chi connectivity index (χ0n) is 11.3. The maximum Gasteiger partial charge on any atom is 0.223 e. The number of nitrogens with zero attached hydrogens (tertiary/aromatic N) is 2. The van der Waals surface area contributed by atoms with Gasteiger partial charge in [-0.05, 0) is 25.3 Å². The van der Waals surface area contributed by atoms with Gasteiger partial charge in [0.1, 0.15) is 0 Å². The normalized spacial score (nSPS) is 12.8. The third-order valence-corrected chi connectivity index (χ3v) is 2.65. The first-order valence-corrected chi connectivity index (χ1v) is 6.38. The summed E-state index contributed by atoms with van der Waals surface area (Å²) in [6.07, 6.45) is 2.13. The minimum absolute atomic E-state index is 0.173. The second-order valence-electron chi connectivity index (χ2n) is 4.84. The molecule has 0 saturated carbocycles. The lowest BCUT2D eigenvalue weighted by atomic mass is 10.1. The quantitative estimate of drug-likeness (QED) is 0.796. The van der Waals surface area contributed by atoms with Crippen LogP contribution in [0.5, 0.6) is 0 Å². The third-order valence-electron chi connectivity index (χ3n) is 2.65. The number of aryl methyl sites for hydroxylation is 1. The van der Waals surface area contributed by atoms with Gasteiger partial charge in [-0.2, -0.15) is 0 Å². The molecule has 0 fully saturated rings. The molecule has 4 heteroatoms. The topological polar surface area (TPSA) is 63.8 Å². The molecule has 0 amide bonds. The van der Waals surface area contributed by atoms with E-state index in [-0.39, 0.29) is 6.04 Å². The van der Waals surface area contributed by atoms with Gasteiger partial charge in [0.2, 0.25) is 5.95 Å². The Morgan fingerprint density at radius 3 is 2.65 bits per heavy atom. The number of aromatic nitrogens is 2. The van der Waals surface area contributed by atoms with Crippen molar-refractivity contribution in [2.75, 3.05) is 11.9 Å². The number of rotatable bonds is 6. The van der Waals surface area contributed by atoms with Gasteiger partial charge in [-0.1, -0.05) is 27.2 Å². The van der Waals surface area contributed by atoms with Crippen molar-refractivity contribution in [2.45, 2.75) is 52.5 Å². The van der Waals surface area contributed by atoms with E-state index < -0.39 is 0 Å². The summed E-state index contributed by atoms with van der Waals surface area (Å²) in [6.45, 7) is 9.13. The van der Waals surface area contributed by atoms with Crippen LogP contribution in [0.2, 0.25) is 0 Å². The van der Waals surface area contributed by atoms with E-state index in [1.807, 2.05) is 13.0 Å². The van der Waals surface area contributed by atoms with Crippen molar-refractivity contribution >= 4 is 5.95 Å². The monoisotopic (exact) mass is 236 g/mol. The van der Waals surface area contributed by atoms with E-state index in [0.717, 1.165) is 30.8 Å². The van der Waals surface area contributed by atoms with Crippen LogP contribution in [0.15, 0.2) is 6.07 Å². The number of nitrogens with two attached hydrogens (primary N) is 1. The molecule has 1 aromatic rings. The number of nitrogens with one attached hydrogen (secondary N) is 1. The van der Waals surface area contributed by atoms with Gasteiger partial charge in [0.15, 0.2) is 0 Å². The van der Waals surface area contributed by atoms with Crippen LogP contribution in [0.4, 0.5) is 5.95 Å². The van der Waals surface area contributed by atoms with Crippen molar-refractivity contribution in [3.63, 3.8) is 0 Å². The summed E-state index contributed by atoms with van der Waals surface area (Å²) >= 11 is 0. The van der Waals surface area contributed by atoms with Crippen LogP contribution >= 0.6 is 0 Å². The van der Waals surface area contributed by atoms with E-state index in [9.17, 15) is 0 Å². The Bertz CT molecular complexity index is 349. The standard InChI is InChI=1S/C13H24N4/c1-5-6-11(14)8-15-13-16-10(4)7-12(17-13)9(2)3/h7,9,11H,5-6,8,14H2,1-4H3,(H,15,16,17). The van der Waals surface area contributed by atoms with Crippen molar-refractivity contribution < 1.29 is 0 Å². The highest BCUT2D eigenvalue weighted by Gasteiger charge is 2.07. The second-order valence-corrected chi connectivity index (χ2v) is 4.84. The lowest BCUT2D eigenvalue weighted by Gasteiger charge is -2.13. The molecule has 1 aromatic heterocycles. The molecule has 1 unspecified atom stereocenters. The van der Waals surface area contributed by atoms with Crippen LogP contribution in [-0.2, 0) is 0 Å². The summed E-state index contributed by atoms with van der Waals surface area (Å²) in [7, 11) is 0. The number of anilines is 1. The summed E-state index contributed by atoms with van der Waals surface area (Å²) in [5, 5.41) is 3.22. The van der Waals surface area contributed by atoms with Gasteiger partial charge in [-0.15, -0.1) is 0 Å². The molecule has 17 heavy (non-hydrogen) atoms. The highest BCUT2D eigenvalue weighted by Crippen LogP contribution is 2.14. The summed E-state index contributed by atoms with van der Waals surface area (Å²) in [5.74, 6) is 1.11. The van der Waals surface area contributed by atoms with Gasteiger partial charge in [-0.25, -0.2) is 9.97 Å². The Hall–Kier alpha value is -1.16. The Balaban J connectivity index is 2.64. The molecule has 0 radical (unpaired) electrons. The smallest absolute Gasteiger partial charge is 0.223 e. The average Bonchev–Trinajstić information content (AvgIpc) is 2.26. The Morgan fingerprint density at radius 2 is 2.06 bits per heavy atom. The molecule has 0 bridgehead atoms. The maximum atomic E-state index is 5.95. The summed E-state index contributed by atoms with van der Waals surface area (Å²) in [5.41, 5.74) is 8.02. The lowest BCUT2D eigenvalue weighted by Crippen LogP contribution is -2.29. The van der Waals surface area contributed by atoms with Gasteiger partial charge in [-0.3, -0.25) is 0 Å². The minimum Gasteiger partial charge on any atom is -0.353 e. The van der Waals surface area contributed by atoms with Gasteiger partial charge in [0.25, 0.3) is 0 Å². The first-order valence-electron chi connectivity index (χ1n) is 6.38. The molecule has 1 heterocycles. The molecule has 1 rings (SSSR count). The van der Waals surface area contributed by atoms with E-state index in [2.05, 4.69) is 36.1 Å². The van der Waals surface area contributed by atoms with Gasteiger partial charge >= 0.3 is 0 Å². The summed E-state index contributed by atoms with van der Waals surface area (Å²) < 4.78 is 0. The zero-order valence-corrected chi connectivity index (χ0v) is 11.3. The molecule has 0 aliphatic carbocycles. The van der Waals surface area contributed by atoms with E-state index in [1.54, 1.807) is 0 Å². The largest absolute Gasteiger partial charge is 0.353 e. The molecule has 0 saturated heterocycles. The molecule has 0 aliphatic rings. The predicted octanol–water partition coefficient (Wildman–Crippen LogP) is 2.45. The van der Waals surface area contributed by atoms with E-state index in [1.165, 1.54) is 0 Å². The Morgan fingerprint density at radius 1 is 1.35 bits per heavy atom. The zero-order chi connectivity index (χ0) is 12.8. The van der Waals surface area contributed by atoms with Crippen molar-refractivity contribution in [2.24, 2.45) is 5.73 Å². The molecule has 1 atom stereocenters. The molecular weight excluding hydrogens is 212 g/mol. The molecule has 0 spiro atoms. The number of hydrogen-bond acceptors (Lipinski definition) is 4. The first kappa shape index (κ1) is 13.9. The molecule has 0 aromatic carbocycles. The van der Waals surface area contributed by atoms with Crippen LogP contribution in [0.3, 0.4) is 0 Å². The Kier molecular flexibility index (Phi) is 5.35.